The Bertz CT molecular complexity index is 509. The SMILES string of the molecule is CC1(C)C(=O)Nc2cc(OCCBr)ccc2C1(C)C. The predicted molar refractivity (Wildman–Crippen MR) is 81.2 cm³/mol. The number of hydrogen-bond donors (Lipinski definition) is 1. The number of fused-ring (bicyclic) bond motifs is 1. The van der Waals surface area contributed by atoms with Gasteiger partial charge in [0.25, 0.3) is 0 Å². The minimum atomic E-state index is -0.432. The molecule has 0 spiro atoms. The van der Waals surface area contributed by atoms with Crippen molar-refractivity contribution >= 4 is 27.5 Å². The van der Waals surface area contributed by atoms with E-state index in [0.717, 1.165) is 22.3 Å². The third-order valence-corrected chi connectivity index (χ3v) is 4.71. The topological polar surface area (TPSA) is 38.3 Å². The van der Waals surface area contributed by atoms with E-state index in [1.807, 2.05) is 26.0 Å². The molecule has 0 saturated heterocycles. The summed E-state index contributed by atoms with van der Waals surface area (Å²) in [5.74, 6) is 0.844. The lowest BCUT2D eigenvalue weighted by molar-refractivity contribution is -0.127. The van der Waals surface area contributed by atoms with Gasteiger partial charge in [-0.05, 0) is 11.6 Å². The molecule has 104 valence electrons. The number of alkyl halides is 1. The molecule has 1 aromatic rings. The van der Waals surface area contributed by atoms with E-state index in [2.05, 4.69) is 41.2 Å². The molecule has 0 atom stereocenters. The van der Waals surface area contributed by atoms with E-state index in [1.165, 1.54) is 0 Å². The second-order valence-corrected chi connectivity index (χ2v) is 6.74. The summed E-state index contributed by atoms with van der Waals surface area (Å²) >= 11 is 3.33. The van der Waals surface area contributed by atoms with Gasteiger partial charge in [-0.2, -0.15) is 0 Å². The van der Waals surface area contributed by atoms with Gasteiger partial charge >= 0.3 is 0 Å². The maximum absolute atomic E-state index is 12.3. The van der Waals surface area contributed by atoms with E-state index < -0.39 is 5.41 Å². The highest BCUT2D eigenvalue weighted by Crippen LogP contribution is 2.48. The maximum Gasteiger partial charge on any atom is 0.230 e. The second-order valence-electron chi connectivity index (χ2n) is 5.95. The van der Waals surface area contributed by atoms with Crippen molar-refractivity contribution in [1.82, 2.24) is 0 Å². The Kier molecular flexibility index (Phi) is 3.65. The highest BCUT2D eigenvalue weighted by Gasteiger charge is 2.48. The van der Waals surface area contributed by atoms with E-state index in [1.54, 1.807) is 0 Å². The van der Waals surface area contributed by atoms with Crippen LogP contribution < -0.4 is 10.1 Å². The lowest BCUT2D eigenvalue weighted by atomic mass is 9.61. The zero-order chi connectivity index (χ0) is 14.3. The van der Waals surface area contributed by atoms with Gasteiger partial charge in [-0.25, -0.2) is 0 Å². The summed E-state index contributed by atoms with van der Waals surface area (Å²) in [6.07, 6.45) is 0. The highest BCUT2D eigenvalue weighted by molar-refractivity contribution is 9.09. The zero-order valence-corrected chi connectivity index (χ0v) is 13.4. The van der Waals surface area contributed by atoms with Gasteiger partial charge in [-0.1, -0.05) is 49.7 Å². The molecule has 1 aliphatic rings. The highest BCUT2D eigenvalue weighted by atomic mass is 79.9. The molecule has 0 bridgehead atoms. The Labute approximate surface area is 122 Å². The summed E-state index contributed by atoms with van der Waals surface area (Å²) in [5, 5.41) is 3.78. The van der Waals surface area contributed by atoms with Crippen LogP contribution in [0.25, 0.3) is 0 Å². The number of hydrogen-bond acceptors (Lipinski definition) is 2. The van der Waals surface area contributed by atoms with Crippen molar-refractivity contribution in [3.8, 4) is 5.75 Å². The Balaban J connectivity index is 2.43. The van der Waals surface area contributed by atoms with Crippen molar-refractivity contribution in [1.29, 1.82) is 0 Å². The number of benzene rings is 1. The molecule has 0 aromatic heterocycles. The van der Waals surface area contributed by atoms with Crippen LogP contribution in [0.15, 0.2) is 18.2 Å². The van der Waals surface area contributed by atoms with Gasteiger partial charge in [0.15, 0.2) is 0 Å². The van der Waals surface area contributed by atoms with Gasteiger partial charge in [0.1, 0.15) is 5.75 Å². The number of rotatable bonds is 3. The van der Waals surface area contributed by atoms with Crippen molar-refractivity contribution < 1.29 is 9.53 Å². The number of anilines is 1. The van der Waals surface area contributed by atoms with Gasteiger partial charge in [0, 0.05) is 22.5 Å². The Morgan fingerprint density at radius 2 is 1.89 bits per heavy atom. The molecule has 0 unspecified atom stereocenters. The van der Waals surface area contributed by atoms with Crippen LogP contribution in [0.2, 0.25) is 0 Å². The van der Waals surface area contributed by atoms with E-state index >= 15 is 0 Å². The van der Waals surface area contributed by atoms with Crippen molar-refractivity contribution in [2.45, 2.75) is 33.1 Å². The number of nitrogens with one attached hydrogen (secondary N) is 1. The van der Waals surface area contributed by atoms with Crippen LogP contribution in [0.5, 0.6) is 5.75 Å². The Morgan fingerprint density at radius 1 is 1.21 bits per heavy atom. The molecule has 4 heteroatoms. The van der Waals surface area contributed by atoms with Crippen LogP contribution in [0.1, 0.15) is 33.3 Å². The molecule has 1 amide bonds. The summed E-state index contributed by atoms with van der Waals surface area (Å²) < 4.78 is 5.58. The average Bonchev–Trinajstić information content (AvgIpc) is 2.34. The third-order valence-electron chi connectivity index (χ3n) is 4.39. The molecular weight excluding hydrogens is 306 g/mol. The van der Waals surface area contributed by atoms with Crippen molar-refractivity contribution in [2.24, 2.45) is 5.41 Å². The number of halogens is 1. The molecule has 3 nitrogen and oxygen atoms in total. The molecular formula is C15H20BrNO2. The fourth-order valence-corrected chi connectivity index (χ4v) is 2.48. The lowest BCUT2D eigenvalue weighted by Gasteiger charge is -2.45. The molecule has 0 saturated carbocycles. The normalized spacial score (nSPS) is 19.5. The van der Waals surface area contributed by atoms with E-state index in [-0.39, 0.29) is 11.3 Å². The monoisotopic (exact) mass is 325 g/mol. The molecule has 1 aliphatic heterocycles. The van der Waals surface area contributed by atoms with Crippen LogP contribution in [0.3, 0.4) is 0 Å². The first-order chi connectivity index (χ1) is 8.80. The summed E-state index contributed by atoms with van der Waals surface area (Å²) in [5.41, 5.74) is 1.38. The van der Waals surface area contributed by atoms with Crippen LogP contribution in [-0.4, -0.2) is 17.8 Å². The van der Waals surface area contributed by atoms with Gasteiger partial charge in [-0.3, -0.25) is 4.79 Å². The Morgan fingerprint density at radius 3 is 2.53 bits per heavy atom. The van der Waals surface area contributed by atoms with E-state index in [9.17, 15) is 4.79 Å². The van der Waals surface area contributed by atoms with Crippen LogP contribution in [0.4, 0.5) is 5.69 Å². The summed E-state index contributed by atoms with van der Waals surface area (Å²) in [7, 11) is 0. The second kappa shape index (κ2) is 4.82. The maximum atomic E-state index is 12.3. The quantitative estimate of drug-likeness (QED) is 0.860. The van der Waals surface area contributed by atoms with Gasteiger partial charge in [0.05, 0.1) is 12.0 Å². The van der Waals surface area contributed by atoms with Gasteiger partial charge < -0.3 is 10.1 Å². The first-order valence-corrected chi connectivity index (χ1v) is 7.57. The fraction of sp³-hybridized carbons (Fsp3) is 0.533. The van der Waals surface area contributed by atoms with Crippen LogP contribution in [-0.2, 0) is 10.2 Å². The van der Waals surface area contributed by atoms with Crippen molar-refractivity contribution in [3.63, 3.8) is 0 Å². The molecule has 0 aliphatic carbocycles. The first kappa shape index (κ1) is 14.4. The summed E-state index contributed by atoms with van der Waals surface area (Å²) in [6.45, 7) is 8.82. The minimum absolute atomic E-state index is 0.0580. The first-order valence-electron chi connectivity index (χ1n) is 6.45. The molecule has 1 heterocycles. The van der Waals surface area contributed by atoms with E-state index in [0.29, 0.717) is 6.61 Å². The number of amides is 1. The lowest BCUT2D eigenvalue weighted by Crippen LogP contribution is -2.49. The standard InChI is InChI=1S/C15H20BrNO2/c1-14(2)11-6-5-10(19-8-7-16)9-12(11)17-13(18)15(14,3)4/h5-6,9H,7-8H2,1-4H3,(H,17,18). The molecule has 0 fully saturated rings. The molecule has 1 N–H and O–H groups in total. The molecule has 0 radical (unpaired) electrons. The Hall–Kier alpha value is -1.03. The summed E-state index contributed by atoms with van der Waals surface area (Å²) in [6, 6.07) is 5.93. The minimum Gasteiger partial charge on any atom is -0.493 e. The predicted octanol–water partition coefficient (Wildman–Crippen LogP) is 3.72. The zero-order valence-electron chi connectivity index (χ0n) is 11.8. The molecule has 1 aromatic carbocycles. The van der Waals surface area contributed by atoms with Gasteiger partial charge in [-0.15, -0.1) is 0 Å². The van der Waals surface area contributed by atoms with Crippen molar-refractivity contribution in [3.05, 3.63) is 23.8 Å². The van der Waals surface area contributed by atoms with Gasteiger partial charge in [0.2, 0.25) is 5.91 Å². The largest absolute Gasteiger partial charge is 0.493 e. The average molecular weight is 326 g/mol. The van der Waals surface area contributed by atoms with Crippen molar-refractivity contribution in [2.75, 3.05) is 17.3 Å². The third kappa shape index (κ3) is 2.27. The number of ether oxygens (including phenoxy) is 1. The summed E-state index contributed by atoms with van der Waals surface area (Å²) in [4.78, 5) is 12.3. The van der Waals surface area contributed by atoms with Crippen LogP contribution in [0, 0.1) is 5.41 Å². The molecule has 19 heavy (non-hydrogen) atoms. The molecule has 2 rings (SSSR count). The number of carbonyl (C=O) groups excluding carboxylic acids is 1. The number of carbonyl (C=O) groups is 1. The van der Waals surface area contributed by atoms with E-state index in [4.69, 9.17) is 4.74 Å². The van der Waals surface area contributed by atoms with Crippen LogP contribution >= 0.6 is 15.9 Å². The fourth-order valence-electron chi connectivity index (χ4n) is 2.32. The smallest absolute Gasteiger partial charge is 0.230 e.